The van der Waals surface area contributed by atoms with E-state index in [9.17, 15) is 4.79 Å². The van der Waals surface area contributed by atoms with Crippen LogP contribution in [-0.2, 0) is 17.6 Å². The molecule has 2 N–H and O–H groups in total. The van der Waals surface area contributed by atoms with E-state index in [0.717, 1.165) is 17.1 Å². The van der Waals surface area contributed by atoms with Gasteiger partial charge in [0.2, 0.25) is 11.8 Å². The molecular formula is C17H19N5O2S. The van der Waals surface area contributed by atoms with Crippen LogP contribution in [0.4, 0.5) is 5.13 Å². The van der Waals surface area contributed by atoms with Gasteiger partial charge in [0.1, 0.15) is 11.6 Å². The van der Waals surface area contributed by atoms with E-state index >= 15 is 0 Å². The summed E-state index contributed by atoms with van der Waals surface area (Å²) in [5.74, 6) is 2.43. The van der Waals surface area contributed by atoms with Crippen molar-refractivity contribution < 1.29 is 9.21 Å². The maximum absolute atomic E-state index is 11.9. The Balaban J connectivity index is 1.55. The third-order valence-electron chi connectivity index (χ3n) is 3.22. The largest absolute Gasteiger partial charge is 0.442 e. The van der Waals surface area contributed by atoms with Crippen molar-refractivity contribution in [2.75, 3.05) is 5.32 Å². The number of aromatic amines is 1. The molecule has 3 aromatic heterocycles. The van der Waals surface area contributed by atoms with Gasteiger partial charge >= 0.3 is 0 Å². The number of H-pyrrole nitrogens is 1. The molecule has 0 saturated heterocycles. The lowest BCUT2D eigenvalue weighted by atomic mass is 10.1. The summed E-state index contributed by atoms with van der Waals surface area (Å²) in [7, 11) is 0. The molecule has 130 valence electrons. The first-order chi connectivity index (χ1) is 12.1. The van der Waals surface area contributed by atoms with Crippen LogP contribution in [0.25, 0.3) is 12.2 Å². The number of carbonyl (C=O) groups is 1. The van der Waals surface area contributed by atoms with Crippen LogP contribution in [0, 0.1) is 5.92 Å². The molecule has 0 aliphatic rings. The maximum Gasteiger partial charge on any atom is 0.233 e. The molecule has 3 heterocycles. The molecule has 3 rings (SSSR count). The minimum absolute atomic E-state index is 0.161. The Hall–Kier alpha value is -2.74. The highest BCUT2D eigenvalue weighted by Gasteiger charge is 2.08. The van der Waals surface area contributed by atoms with Gasteiger partial charge in [0.15, 0.2) is 5.13 Å². The number of thiazole rings is 1. The number of hydrogen-bond acceptors (Lipinski definition) is 6. The molecule has 8 heteroatoms. The summed E-state index contributed by atoms with van der Waals surface area (Å²) in [4.78, 5) is 28.2. The molecule has 0 aromatic carbocycles. The van der Waals surface area contributed by atoms with Crippen LogP contribution >= 0.6 is 11.3 Å². The summed E-state index contributed by atoms with van der Waals surface area (Å²) < 4.78 is 5.65. The van der Waals surface area contributed by atoms with Crippen molar-refractivity contribution in [1.29, 1.82) is 0 Å². The SMILES string of the molecule is CC(C)Cc1cnc(/C=C/c2cnc(NC(=O)Cc3ncc[nH]3)s2)o1. The number of imidazole rings is 1. The summed E-state index contributed by atoms with van der Waals surface area (Å²) in [6.45, 7) is 4.27. The van der Waals surface area contributed by atoms with E-state index in [-0.39, 0.29) is 12.3 Å². The zero-order valence-electron chi connectivity index (χ0n) is 14.0. The predicted octanol–water partition coefficient (Wildman–Crippen LogP) is 3.40. The van der Waals surface area contributed by atoms with Crippen molar-refractivity contribution in [3.8, 4) is 0 Å². The Morgan fingerprint density at radius 2 is 2.20 bits per heavy atom. The van der Waals surface area contributed by atoms with Gasteiger partial charge in [-0.05, 0) is 12.0 Å². The van der Waals surface area contributed by atoms with Crippen molar-refractivity contribution in [3.63, 3.8) is 0 Å². The van der Waals surface area contributed by atoms with Crippen LogP contribution in [0.15, 0.2) is 29.2 Å². The lowest BCUT2D eigenvalue weighted by Gasteiger charge is -1.98. The lowest BCUT2D eigenvalue weighted by molar-refractivity contribution is -0.115. The van der Waals surface area contributed by atoms with Gasteiger partial charge in [-0.3, -0.25) is 4.79 Å². The molecule has 0 aliphatic carbocycles. The zero-order chi connectivity index (χ0) is 17.6. The molecule has 0 atom stereocenters. The standard InChI is InChI=1S/C17H19N5O2S/c1-11(2)7-12-9-20-16(24-12)4-3-13-10-21-17(25-13)22-15(23)8-14-18-5-6-19-14/h3-6,9-11H,7-8H2,1-2H3,(H,18,19)(H,21,22,23)/b4-3+. The van der Waals surface area contributed by atoms with Crippen LogP contribution < -0.4 is 5.32 Å². The summed E-state index contributed by atoms with van der Waals surface area (Å²) in [5.41, 5.74) is 0. The number of amides is 1. The van der Waals surface area contributed by atoms with Crippen LogP contribution in [-0.4, -0.2) is 25.8 Å². The van der Waals surface area contributed by atoms with Gasteiger partial charge in [0.25, 0.3) is 0 Å². The van der Waals surface area contributed by atoms with Crippen molar-refractivity contribution in [3.05, 3.63) is 47.1 Å². The second-order valence-electron chi connectivity index (χ2n) is 5.92. The van der Waals surface area contributed by atoms with E-state index in [2.05, 4.69) is 39.1 Å². The fourth-order valence-electron chi connectivity index (χ4n) is 2.18. The van der Waals surface area contributed by atoms with E-state index in [0.29, 0.717) is 22.8 Å². The number of anilines is 1. The molecule has 0 bridgehead atoms. The molecule has 0 saturated carbocycles. The van der Waals surface area contributed by atoms with Gasteiger partial charge in [0.05, 0.1) is 12.6 Å². The van der Waals surface area contributed by atoms with Crippen LogP contribution in [0.2, 0.25) is 0 Å². The normalized spacial score (nSPS) is 11.5. The van der Waals surface area contributed by atoms with Crippen molar-refractivity contribution >= 4 is 34.5 Å². The summed E-state index contributed by atoms with van der Waals surface area (Å²) in [6, 6.07) is 0. The minimum Gasteiger partial charge on any atom is -0.442 e. The molecule has 7 nitrogen and oxygen atoms in total. The van der Waals surface area contributed by atoms with Crippen LogP contribution in [0.5, 0.6) is 0 Å². The highest BCUT2D eigenvalue weighted by atomic mass is 32.1. The average molecular weight is 357 g/mol. The molecule has 25 heavy (non-hydrogen) atoms. The van der Waals surface area contributed by atoms with Crippen LogP contribution in [0.3, 0.4) is 0 Å². The Bertz CT molecular complexity index is 848. The first-order valence-electron chi connectivity index (χ1n) is 7.95. The third-order valence-corrected chi connectivity index (χ3v) is 4.10. The number of nitrogens with one attached hydrogen (secondary N) is 2. The molecule has 3 aromatic rings. The molecule has 0 spiro atoms. The minimum atomic E-state index is -0.161. The molecule has 0 radical (unpaired) electrons. The third kappa shape index (κ3) is 5.12. The predicted molar refractivity (Wildman–Crippen MR) is 97.0 cm³/mol. The van der Waals surface area contributed by atoms with E-state index < -0.39 is 0 Å². The number of aromatic nitrogens is 4. The monoisotopic (exact) mass is 357 g/mol. The Labute approximate surface area is 149 Å². The number of oxazole rings is 1. The van der Waals surface area contributed by atoms with Gasteiger partial charge in [-0.2, -0.15) is 0 Å². The Morgan fingerprint density at radius 3 is 2.96 bits per heavy atom. The fourth-order valence-corrected chi connectivity index (χ4v) is 2.92. The van der Waals surface area contributed by atoms with E-state index in [4.69, 9.17) is 4.42 Å². The quantitative estimate of drug-likeness (QED) is 0.675. The van der Waals surface area contributed by atoms with Crippen molar-refractivity contribution in [2.45, 2.75) is 26.7 Å². The topological polar surface area (TPSA) is 96.7 Å². The molecule has 1 amide bonds. The number of hydrogen-bond donors (Lipinski definition) is 2. The Kier molecular flexibility index (Phi) is 5.39. The van der Waals surface area contributed by atoms with Gasteiger partial charge in [-0.25, -0.2) is 15.0 Å². The van der Waals surface area contributed by atoms with Gasteiger partial charge < -0.3 is 14.7 Å². The van der Waals surface area contributed by atoms with Crippen LogP contribution in [0.1, 0.15) is 36.2 Å². The van der Waals surface area contributed by atoms with Gasteiger partial charge in [-0.15, -0.1) is 0 Å². The first kappa shape index (κ1) is 17.1. The Morgan fingerprint density at radius 1 is 1.32 bits per heavy atom. The highest BCUT2D eigenvalue weighted by Crippen LogP contribution is 2.21. The number of rotatable bonds is 7. The smallest absolute Gasteiger partial charge is 0.233 e. The first-order valence-corrected chi connectivity index (χ1v) is 8.77. The van der Waals surface area contributed by atoms with E-state index in [1.807, 2.05) is 6.08 Å². The second kappa shape index (κ2) is 7.89. The van der Waals surface area contributed by atoms with E-state index in [1.54, 1.807) is 30.9 Å². The average Bonchev–Trinajstić information content (AvgIpc) is 3.27. The summed E-state index contributed by atoms with van der Waals surface area (Å²) in [5, 5.41) is 3.31. The molecular weight excluding hydrogens is 338 g/mol. The van der Waals surface area contributed by atoms with Gasteiger partial charge in [0, 0.05) is 36.0 Å². The van der Waals surface area contributed by atoms with E-state index in [1.165, 1.54) is 11.3 Å². The lowest BCUT2D eigenvalue weighted by Crippen LogP contribution is -2.14. The summed E-state index contributed by atoms with van der Waals surface area (Å²) in [6.07, 6.45) is 11.5. The zero-order valence-corrected chi connectivity index (χ0v) is 14.8. The second-order valence-corrected chi connectivity index (χ2v) is 6.99. The molecule has 0 aliphatic heterocycles. The number of carbonyl (C=O) groups excluding carboxylic acids is 1. The van der Waals surface area contributed by atoms with Crippen molar-refractivity contribution in [1.82, 2.24) is 19.9 Å². The fraction of sp³-hybridized carbons (Fsp3) is 0.294. The highest BCUT2D eigenvalue weighted by molar-refractivity contribution is 7.16. The summed E-state index contributed by atoms with van der Waals surface area (Å²) >= 11 is 1.38. The maximum atomic E-state index is 11.9. The van der Waals surface area contributed by atoms with Gasteiger partial charge in [-0.1, -0.05) is 25.2 Å². The van der Waals surface area contributed by atoms with Crippen molar-refractivity contribution in [2.24, 2.45) is 5.92 Å². The number of nitrogens with zero attached hydrogens (tertiary/aromatic N) is 3. The molecule has 0 unspecified atom stereocenters. The molecule has 0 fully saturated rings.